The number of primary amides is 1. The average molecular weight is 142 g/mol. The zero-order valence-corrected chi connectivity index (χ0v) is 6.00. The molecule has 57 valence electrons. The van der Waals surface area contributed by atoms with Crippen LogP contribution in [0.3, 0.4) is 0 Å². The number of carbonyl (C=O) groups excluding carboxylic acids is 1. The van der Waals surface area contributed by atoms with Crippen LogP contribution >= 0.6 is 0 Å². The van der Waals surface area contributed by atoms with E-state index in [0.29, 0.717) is 5.92 Å². The molecular formula is C7H12NO2. The first-order chi connectivity index (χ1) is 4.52. The molecule has 0 aromatic rings. The number of amides is 1. The van der Waals surface area contributed by atoms with E-state index in [1.54, 1.807) is 6.42 Å². The lowest BCUT2D eigenvalue weighted by atomic mass is 9.99. The van der Waals surface area contributed by atoms with Gasteiger partial charge in [-0.2, -0.15) is 0 Å². The summed E-state index contributed by atoms with van der Waals surface area (Å²) in [7, 11) is 0. The molecule has 0 spiro atoms. The summed E-state index contributed by atoms with van der Waals surface area (Å²) >= 11 is 0. The van der Waals surface area contributed by atoms with Crippen LogP contribution in [0.4, 0.5) is 0 Å². The minimum absolute atomic E-state index is 0.405. The molecule has 1 radical (unpaired) electrons. The average Bonchev–Trinajstić information content (AvgIpc) is 2.48. The number of rotatable bonds is 3. The lowest BCUT2D eigenvalue weighted by Gasteiger charge is -2.17. The van der Waals surface area contributed by atoms with E-state index in [2.05, 4.69) is 0 Å². The first-order valence-corrected chi connectivity index (χ1v) is 3.40. The third kappa shape index (κ3) is 1.70. The Kier molecular flexibility index (Phi) is 1.68. The second-order valence-electron chi connectivity index (χ2n) is 3.02. The van der Waals surface area contributed by atoms with Crippen molar-refractivity contribution in [3.05, 3.63) is 6.42 Å². The van der Waals surface area contributed by atoms with Gasteiger partial charge in [-0.15, -0.1) is 0 Å². The van der Waals surface area contributed by atoms with Gasteiger partial charge in [-0.1, -0.05) is 0 Å². The molecule has 0 heterocycles. The monoisotopic (exact) mass is 142 g/mol. The molecule has 3 nitrogen and oxygen atoms in total. The maximum Gasteiger partial charge on any atom is 0.249 e. The predicted molar refractivity (Wildman–Crippen MR) is 36.8 cm³/mol. The second kappa shape index (κ2) is 2.23. The fourth-order valence-electron chi connectivity index (χ4n) is 0.804. The van der Waals surface area contributed by atoms with E-state index in [-0.39, 0.29) is 0 Å². The number of aliphatic hydroxyl groups is 1. The zero-order valence-electron chi connectivity index (χ0n) is 6.00. The van der Waals surface area contributed by atoms with Crippen LogP contribution in [0.5, 0.6) is 0 Å². The fourth-order valence-corrected chi connectivity index (χ4v) is 0.804. The Morgan fingerprint density at radius 3 is 2.60 bits per heavy atom. The normalized spacial score (nSPS) is 23.8. The van der Waals surface area contributed by atoms with Crippen LogP contribution < -0.4 is 5.73 Å². The number of hydrogen-bond donors (Lipinski definition) is 2. The highest BCUT2D eigenvalue weighted by molar-refractivity contribution is 5.84. The van der Waals surface area contributed by atoms with Gasteiger partial charge in [0.15, 0.2) is 0 Å². The maximum absolute atomic E-state index is 10.5. The maximum atomic E-state index is 10.5. The van der Waals surface area contributed by atoms with Crippen LogP contribution in [-0.4, -0.2) is 16.6 Å². The standard InChI is InChI=1S/C7H12NO2/c1-7(10,6(8)9)4-5-2-3-5/h4-5,10H,2-3H2,1H3,(H2,8,9)/t7-/m0/s1. The van der Waals surface area contributed by atoms with Crippen molar-refractivity contribution < 1.29 is 9.90 Å². The summed E-state index contributed by atoms with van der Waals surface area (Å²) in [4.78, 5) is 10.5. The molecule has 0 aliphatic heterocycles. The van der Waals surface area contributed by atoms with Gasteiger partial charge in [0.25, 0.3) is 0 Å². The van der Waals surface area contributed by atoms with E-state index in [9.17, 15) is 9.90 Å². The van der Waals surface area contributed by atoms with Crippen LogP contribution in [0.1, 0.15) is 19.8 Å². The van der Waals surface area contributed by atoms with Crippen molar-refractivity contribution in [3.8, 4) is 0 Å². The lowest BCUT2D eigenvalue weighted by Crippen LogP contribution is -2.41. The summed E-state index contributed by atoms with van der Waals surface area (Å²) in [6.07, 6.45) is 3.77. The van der Waals surface area contributed by atoms with Gasteiger partial charge in [-0.3, -0.25) is 4.79 Å². The van der Waals surface area contributed by atoms with Crippen molar-refractivity contribution in [1.82, 2.24) is 0 Å². The van der Waals surface area contributed by atoms with Crippen LogP contribution in [-0.2, 0) is 4.79 Å². The molecule has 0 unspecified atom stereocenters. The van der Waals surface area contributed by atoms with Crippen LogP contribution in [0.25, 0.3) is 0 Å². The molecule has 10 heavy (non-hydrogen) atoms. The molecule has 1 amide bonds. The third-order valence-electron chi connectivity index (χ3n) is 1.68. The van der Waals surface area contributed by atoms with Gasteiger partial charge in [0, 0.05) is 6.42 Å². The smallest absolute Gasteiger partial charge is 0.249 e. The first-order valence-electron chi connectivity index (χ1n) is 3.40. The summed E-state index contributed by atoms with van der Waals surface area (Å²) in [5.41, 5.74) is 3.52. The van der Waals surface area contributed by atoms with E-state index in [0.717, 1.165) is 12.8 Å². The molecule has 3 N–H and O–H groups in total. The van der Waals surface area contributed by atoms with Crippen molar-refractivity contribution in [2.24, 2.45) is 11.7 Å². The van der Waals surface area contributed by atoms with Gasteiger partial charge in [0.1, 0.15) is 5.60 Å². The summed E-state index contributed by atoms with van der Waals surface area (Å²) < 4.78 is 0. The minimum Gasteiger partial charge on any atom is -0.380 e. The summed E-state index contributed by atoms with van der Waals surface area (Å²) in [6, 6.07) is 0. The lowest BCUT2D eigenvalue weighted by molar-refractivity contribution is -0.131. The second-order valence-corrected chi connectivity index (χ2v) is 3.02. The van der Waals surface area contributed by atoms with Crippen LogP contribution in [0.15, 0.2) is 0 Å². The van der Waals surface area contributed by atoms with Crippen molar-refractivity contribution in [2.75, 3.05) is 0 Å². The molecule has 1 rings (SSSR count). The molecule has 1 atom stereocenters. The summed E-state index contributed by atoms with van der Waals surface area (Å²) in [6.45, 7) is 1.42. The van der Waals surface area contributed by atoms with E-state index in [1.165, 1.54) is 6.92 Å². The molecular weight excluding hydrogens is 130 g/mol. The molecule has 0 aromatic heterocycles. The minimum atomic E-state index is -1.40. The molecule has 0 aromatic carbocycles. The Morgan fingerprint density at radius 2 is 2.30 bits per heavy atom. The molecule has 1 saturated carbocycles. The van der Waals surface area contributed by atoms with Crippen molar-refractivity contribution in [3.63, 3.8) is 0 Å². The van der Waals surface area contributed by atoms with E-state index in [4.69, 9.17) is 5.73 Å². The van der Waals surface area contributed by atoms with Gasteiger partial charge < -0.3 is 10.8 Å². The zero-order chi connectivity index (χ0) is 7.78. The molecule has 1 aliphatic carbocycles. The van der Waals surface area contributed by atoms with Gasteiger partial charge in [0.05, 0.1) is 0 Å². The van der Waals surface area contributed by atoms with Crippen LogP contribution in [0, 0.1) is 12.3 Å². The van der Waals surface area contributed by atoms with Crippen molar-refractivity contribution in [2.45, 2.75) is 25.4 Å². The topological polar surface area (TPSA) is 63.3 Å². The van der Waals surface area contributed by atoms with E-state index in [1.807, 2.05) is 0 Å². The highest BCUT2D eigenvalue weighted by atomic mass is 16.3. The SMILES string of the molecule is C[C@](O)([CH]C1CC1)C(N)=O. The Labute approximate surface area is 60.2 Å². The molecule has 1 fully saturated rings. The summed E-state index contributed by atoms with van der Waals surface area (Å²) in [5, 5.41) is 9.27. The van der Waals surface area contributed by atoms with Gasteiger partial charge in [0.2, 0.25) is 5.91 Å². The highest BCUT2D eigenvalue weighted by Gasteiger charge is 2.35. The largest absolute Gasteiger partial charge is 0.380 e. The number of carbonyl (C=O) groups is 1. The summed E-state index contributed by atoms with van der Waals surface area (Å²) in [5.74, 6) is -0.262. The van der Waals surface area contributed by atoms with Gasteiger partial charge in [-0.25, -0.2) is 0 Å². The fraction of sp³-hybridized carbons (Fsp3) is 0.714. The predicted octanol–water partition coefficient (Wildman–Crippen LogP) is -0.163. The van der Waals surface area contributed by atoms with Gasteiger partial charge in [-0.05, 0) is 25.7 Å². The van der Waals surface area contributed by atoms with Gasteiger partial charge >= 0.3 is 0 Å². The van der Waals surface area contributed by atoms with E-state index >= 15 is 0 Å². The van der Waals surface area contributed by atoms with Crippen molar-refractivity contribution in [1.29, 1.82) is 0 Å². The van der Waals surface area contributed by atoms with E-state index < -0.39 is 11.5 Å². The number of hydrogen-bond acceptors (Lipinski definition) is 2. The molecule has 0 saturated heterocycles. The quantitative estimate of drug-likeness (QED) is 0.575. The first kappa shape index (κ1) is 7.54. The molecule has 3 heteroatoms. The van der Waals surface area contributed by atoms with Crippen LogP contribution in [0.2, 0.25) is 0 Å². The van der Waals surface area contributed by atoms with Crippen molar-refractivity contribution >= 4 is 5.91 Å². The molecule has 0 bridgehead atoms. The number of nitrogens with two attached hydrogens (primary N) is 1. The highest BCUT2D eigenvalue weighted by Crippen LogP contribution is 2.35. The third-order valence-corrected chi connectivity index (χ3v) is 1.68. The molecule has 1 aliphatic rings. The Balaban J connectivity index is 2.40. The Bertz CT molecular complexity index is 150. The Morgan fingerprint density at radius 1 is 1.80 bits per heavy atom. The Hall–Kier alpha value is -0.570.